The van der Waals surface area contributed by atoms with Gasteiger partial charge in [-0.2, -0.15) is 0 Å². The molecule has 0 radical (unpaired) electrons. The Labute approximate surface area is 210 Å². The molecular weight excluding hydrogens is 525 g/mol. The van der Waals surface area contributed by atoms with Crippen LogP contribution in [0.2, 0.25) is 5.02 Å². The van der Waals surface area contributed by atoms with Gasteiger partial charge in [-0.3, -0.25) is 9.89 Å². The molecule has 1 aromatic carbocycles. The summed E-state index contributed by atoms with van der Waals surface area (Å²) >= 11 is 6.30. The van der Waals surface area contributed by atoms with Gasteiger partial charge in [0.25, 0.3) is 0 Å². The van der Waals surface area contributed by atoms with Crippen molar-refractivity contribution in [1.29, 1.82) is 0 Å². The number of rotatable bonds is 8. The van der Waals surface area contributed by atoms with E-state index in [4.69, 9.17) is 21.3 Å². The topological polar surface area (TPSA) is 52.1 Å². The van der Waals surface area contributed by atoms with Gasteiger partial charge in [0.05, 0.1) is 25.8 Å². The van der Waals surface area contributed by atoms with Gasteiger partial charge in [0.15, 0.2) is 5.96 Å². The van der Waals surface area contributed by atoms with Crippen molar-refractivity contribution < 1.29 is 4.74 Å². The number of hydrogen-bond acceptors (Lipinski definition) is 4. The van der Waals surface area contributed by atoms with Gasteiger partial charge in [-0.1, -0.05) is 30.7 Å². The molecule has 2 aliphatic heterocycles. The molecule has 1 aromatic rings. The van der Waals surface area contributed by atoms with E-state index in [9.17, 15) is 0 Å². The molecule has 0 aromatic heterocycles. The first-order chi connectivity index (χ1) is 14.7. The Morgan fingerprint density at radius 3 is 2.58 bits per heavy atom. The monoisotopic (exact) mass is 563 g/mol. The lowest BCUT2D eigenvalue weighted by molar-refractivity contribution is 0.0179. The molecule has 2 aliphatic rings. The van der Waals surface area contributed by atoms with E-state index in [0.29, 0.717) is 12.6 Å². The first-order valence-electron chi connectivity index (χ1n) is 11.5. The van der Waals surface area contributed by atoms with Crippen LogP contribution in [-0.4, -0.2) is 80.8 Å². The number of nitrogens with one attached hydrogen (secondary N) is 2. The lowest BCUT2D eigenvalue weighted by atomic mass is 10.0. The fourth-order valence-corrected chi connectivity index (χ4v) is 4.54. The number of halogens is 2. The van der Waals surface area contributed by atoms with Gasteiger partial charge in [0.1, 0.15) is 0 Å². The molecule has 0 aliphatic carbocycles. The van der Waals surface area contributed by atoms with Crippen LogP contribution in [-0.2, 0) is 4.74 Å². The van der Waals surface area contributed by atoms with Gasteiger partial charge in [0.2, 0.25) is 0 Å². The summed E-state index contributed by atoms with van der Waals surface area (Å²) in [5.74, 6) is 0.923. The standard InChI is InChI=1S/C23H38ClN5O.HI/c1-3-10-28-11-8-21(9-12-28)27-23(25-4-2)26-18-22(29-13-15-30-16-14-29)19-6-5-7-20(24)17-19;/h5-7,17,21-22H,3-4,8-16,18H2,1-2H3,(H2,25,26,27);1H. The molecular formula is C23H39ClIN5O. The summed E-state index contributed by atoms with van der Waals surface area (Å²) in [5.41, 5.74) is 1.22. The second-order valence-electron chi connectivity index (χ2n) is 8.20. The van der Waals surface area contributed by atoms with E-state index in [1.54, 1.807) is 0 Å². The number of piperidine rings is 1. The third-order valence-electron chi connectivity index (χ3n) is 5.95. The summed E-state index contributed by atoms with van der Waals surface area (Å²) in [4.78, 5) is 10.0. The van der Waals surface area contributed by atoms with Crippen LogP contribution in [0.4, 0.5) is 0 Å². The lowest BCUT2D eigenvalue weighted by Crippen LogP contribution is -2.49. The molecule has 176 valence electrons. The van der Waals surface area contributed by atoms with E-state index in [1.807, 2.05) is 12.1 Å². The summed E-state index contributed by atoms with van der Waals surface area (Å²) in [6.45, 7) is 12.9. The minimum atomic E-state index is 0. The van der Waals surface area contributed by atoms with Crippen LogP contribution in [0, 0.1) is 0 Å². The zero-order chi connectivity index (χ0) is 21.2. The van der Waals surface area contributed by atoms with Crippen molar-refractivity contribution in [3.8, 4) is 0 Å². The van der Waals surface area contributed by atoms with Gasteiger partial charge < -0.3 is 20.3 Å². The maximum Gasteiger partial charge on any atom is 0.191 e. The smallest absolute Gasteiger partial charge is 0.191 e. The van der Waals surface area contributed by atoms with Gasteiger partial charge in [-0.15, -0.1) is 24.0 Å². The minimum Gasteiger partial charge on any atom is -0.379 e. The summed E-state index contributed by atoms with van der Waals surface area (Å²) in [5, 5.41) is 7.90. The third kappa shape index (κ3) is 8.68. The summed E-state index contributed by atoms with van der Waals surface area (Å²) < 4.78 is 5.57. The summed E-state index contributed by atoms with van der Waals surface area (Å²) in [7, 11) is 0. The average Bonchev–Trinajstić information content (AvgIpc) is 2.76. The Hall–Kier alpha value is -0.610. The molecule has 2 heterocycles. The molecule has 8 heteroatoms. The number of hydrogen-bond donors (Lipinski definition) is 2. The third-order valence-corrected chi connectivity index (χ3v) is 6.19. The van der Waals surface area contributed by atoms with Crippen molar-refractivity contribution in [3.63, 3.8) is 0 Å². The molecule has 0 spiro atoms. The van der Waals surface area contributed by atoms with Crippen LogP contribution < -0.4 is 10.6 Å². The SMILES string of the molecule is CCCN1CCC(NC(=NCC(c2cccc(Cl)c2)N2CCOCC2)NCC)CC1.I. The van der Waals surface area contributed by atoms with Crippen LogP contribution in [0.1, 0.15) is 44.7 Å². The van der Waals surface area contributed by atoms with Gasteiger partial charge in [-0.25, -0.2) is 0 Å². The van der Waals surface area contributed by atoms with Crippen LogP contribution in [0.25, 0.3) is 0 Å². The number of likely N-dealkylation sites (tertiary alicyclic amines) is 1. The Morgan fingerprint density at radius 2 is 1.94 bits per heavy atom. The zero-order valence-electron chi connectivity index (χ0n) is 19.0. The minimum absolute atomic E-state index is 0. The van der Waals surface area contributed by atoms with Crippen molar-refractivity contribution in [2.24, 2.45) is 4.99 Å². The van der Waals surface area contributed by atoms with Crippen LogP contribution in [0.5, 0.6) is 0 Å². The number of benzene rings is 1. The molecule has 31 heavy (non-hydrogen) atoms. The van der Waals surface area contributed by atoms with E-state index < -0.39 is 0 Å². The highest BCUT2D eigenvalue weighted by atomic mass is 127. The van der Waals surface area contributed by atoms with Crippen molar-refractivity contribution in [3.05, 3.63) is 34.9 Å². The molecule has 2 saturated heterocycles. The van der Waals surface area contributed by atoms with E-state index in [2.05, 4.69) is 46.4 Å². The predicted molar refractivity (Wildman–Crippen MR) is 141 cm³/mol. The van der Waals surface area contributed by atoms with Crippen LogP contribution in [0.3, 0.4) is 0 Å². The Morgan fingerprint density at radius 1 is 1.19 bits per heavy atom. The first-order valence-corrected chi connectivity index (χ1v) is 11.9. The van der Waals surface area contributed by atoms with Crippen LogP contribution >= 0.6 is 35.6 Å². The zero-order valence-corrected chi connectivity index (χ0v) is 22.1. The number of guanidine groups is 1. The van der Waals surface area contributed by atoms with Crippen molar-refractivity contribution in [1.82, 2.24) is 20.4 Å². The quantitative estimate of drug-likeness (QED) is 0.287. The normalized spacial score (nSPS) is 20.2. The van der Waals surface area contributed by atoms with E-state index in [-0.39, 0.29) is 30.0 Å². The fraction of sp³-hybridized carbons (Fsp3) is 0.696. The van der Waals surface area contributed by atoms with E-state index >= 15 is 0 Å². The molecule has 0 bridgehead atoms. The maximum atomic E-state index is 6.30. The summed E-state index contributed by atoms with van der Waals surface area (Å²) in [6.07, 6.45) is 3.58. The highest BCUT2D eigenvalue weighted by molar-refractivity contribution is 14.0. The predicted octanol–water partition coefficient (Wildman–Crippen LogP) is 3.76. The maximum absolute atomic E-state index is 6.30. The van der Waals surface area contributed by atoms with Crippen molar-refractivity contribution >= 4 is 41.5 Å². The first kappa shape index (κ1) is 26.6. The number of aliphatic imine (C=N–C) groups is 1. The molecule has 0 amide bonds. The molecule has 2 fully saturated rings. The molecule has 6 nitrogen and oxygen atoms in total. The van der Waals surface area contributed by atoms with Crippen molar-refractivity contribution in [2.75, 3.05) is 59.0 Å². The van der Waals surface area contributed by atoms with E-state index in [1.165, 1.54) is 44.5 Å². The largest absolute Gasteiger partial charge is 0.379 e. The van der Waals surface area contributed by atoms with E-state index in [0.717, 1.165) is 43.8 Å². The second-order valence-corrected chi connectivity index (χ2v) is 8.64. The second kappa shape index (κ2) is 14.5. The van der Waals surface area contributed by atoms with Gasteiger partial charge >= 0.3 is 0 Å². The van der Waals surface area contributed by atoms with Gasteiger partial charge in [0, 0.05) is 43.8 Å². The Bertz CT molecular complexity index is 663. The fourth-order valence-electron chi connectivity index (χ4n) is 4.34. The van der Waals surface area contributed by atoms with Crippen LogP contribution in [0.15, 0.2) is 29.3 Å². The lowest BCUT2D eigenvalue weighted by Gasteiger charge is -2.35. The number of morpholine rings is 1. The highest BCUT2D eigenvalue weighted by Crippen LogP contribution is 2.25. The van der Waals surface area contributed by atoms with Gasteiger partial charge in [-0.05, 0) is 50.4 Å². The van der Waals surface area contributed by atoms with Crippen molar-refractivity contribution in [2.45, 2.75) is 45.2 Å². The molecule has 1 atom stereocenters. The molecule has 3 rings (SSSR count). The number of ether oxygens (including phenoxy) is 1. The molecule has 0 saturated carbocycles. The molecule has 1 unspecified atom stereocenters. The Kier molecular flexibility index (Phi) is 12.5. The Balaban J connectivity index is 0.00000341. The highest BCUT2D eigenvalue weighted by Gasteiger charge is 2.24. The molecule has 2 N–H and O–H groups in total. The summed E-state index contributed by atoms with van der Waals surface area (Å²) in [6, 6.07) is 8.88. The average molecular weight is 564 g/mol. The number of nitrogens with zero attached hydrogens (tertiary/aromatic N) is 3.